The summed E-state index contributed by atoms with van der Waals surface area (Å²) in [4.78, 5) is 49.5. The van der Waals surface area contributed by atoms with Crippen molar-refractivity contribution in [3.63, 3.8) is 0 Å². The minimum absolute atomic E-state index is 0.153. The van der Waals surface area contributed by atoms with E-state index in [2.05, 4.69) is 0 Å². The van der Waals surface area contributed by atoms with Gasteiger partial charge in [0.25, 0.3) is 0 Å². The summed E-state index contributed by atoms with van der Waals surface area (Å²) in [6, 6.07) is 0. The van der Waals surface area contributed by atoms with Crippen molar-refractivity contribution in [1.29, 1.82) is 0 Å². The number of epoxide rings is 1. The van der Waals surface area contributed by atoms with Crippen molar-refractivity contribution in [3.05, 3.63) is 23.8 Å². The van der Waals surface area contributed by atoms with Gasteiger partial charge in [-0.05, 0) is 24.6 Å². The van der Waals surface area contributed by atoms with Crippen LogP contribution >= 0.6 is 0 Å². The van der Waals surface area contributed by atoms with Gasteiger partial charge in [-0.25, -0.2) is 0 Å². The number of rotatable bonds is 4. The maximum absolute atomic E-state index is 12.8. The van der Waals surface area contributed by atoms with Crippen molar-refractivity contribution >= 4 is 23.9 Å². The second-order valence-electron chi connectivity index (χ2n) is 10.8. The summed E-state index contributed by atoms with van der Waals surface area (Å²) in [6.45, 7) is 5.36. The molecule has 13 nitrogen and oxygen atoms in total. The molecule has 11 atom stereocenters. The lowest BCUT2D eigenvalue weighted by Crippen LogP contribution is -2.75. The van der Waals surface area contributed by atoms with Gasteiger partial charge in [0.2, 0.25) is 0 Å². The SMILES string of the molecule is CC(=O)O[C@H]1[C@@H](O)[C@]2(CO2)[C@@H]2[C@H](OC(C)=O)[C@@]3(O)[C@H](/C=C(CO)\C=C/[C@H](OC(C)=O)[C@@]2(C)[C@H]1O)OC(=O)[C@@H]3C. The van der Waals surface area contributed by atoms with Gasteiger partial charge in [-0.1, -0.05) is 13.0 Å². The highest BCUT2D eigenvalue weighted by Gasteiger charge is 2.79. The number of fused-ring (bicyclic) bond motifs is 3. The van der Waals surface area contributed by atoms with Crippen molar-refractivity contribution in [1.82, 2.24) is 0 Å². The van der Waals surface area contributed by atoms with Crippen molar-refractivity contribution < 1.29 is 63.3 Å². The number of hydrogen-bond acceptors (Lipinski definition) is 13. The number of carbonyl (C=O) groups is 4. The summed E-state index contributed by atoms with van der Waals surface area (Å²) in [5.74, 6) is -5.93. The first kappa shape index (κ1) is 29.2. The van der Waals surface area contributed by atoms with Crippen molar-refractivity contribution in [2.24, 2.45) is 17.3 Å². The summed E-state index contributed by atoms with van der Waals surface area (Å²) >= 11 is 0. The van der Waals surface area contributed by atoms with Crippen LogP contribution in [0.3, 0.4) is 0 Å². The van der Waals surface area contributed by atoms with Gasteiger partial charge in [0, 0.05) is 32.1 Å². The molecule has 2 aliphatic heterocycles. The van der Waals surface area contributed by atoms with Crippen molar-refractivity contribution in [3.8, 4) is 0 Å². The molecular formula is C26H34O13. The van der Waals surface area contributed by atoms with Crippen LogP contribution in [0.25, 0.3) is 0 Å². The van der Waals surface area contributed by atoms with Gasteiger partial charge < -0.3 is 44.1 Å². The zero-order valence-electron chi connectivity index (χ0n) is 22.2. The summed E-state index contributed by atoms with van der Waals surface area (Å²) in [7, 11) is 0. The summed E-state index contributed by atoms with van der Waals surface area (Å²) in [5, 5.41) is 45.5. The normalized spacial score (nSPS) is 47.0. The number of esters is 4. The zero-order chi connectivity index (χ0) is 29.1. The van der Waals surface area contributed by atoms with E-state index in [1.54, 1.807) is 0 Å². The van der Waals surface area contributed by atoms with Crippen molar-refractivity contribution in [2.75, 3.05) is 13.2 Å². The third kappa shape index (κ3) is 4.45. The molecule has 39 heavy (non-hydrogen) atoms. The van der Waals surface area contributed by atoms with E-state index in [0.717, 1.165) is 20.8 Å². The second kappa shape index (κ2) is 9.97. The Hall–Kier alpha value is -2.84. The van der Waals surface area contributed by atoms with Crippen LogP contribution in [0.1, 0.15) is 34.6 Å². The standard InChI is InChI=1S/C26H34O13/c1-11-23(33)39-17-8-15(9-27)6-7-16(36-12(2)28)24(5)19(22(26(11,17)34)38-14(4)30)25(10-35-25)21(32)18(20(24)31)37-13(3)29/h6-8,11,16-22,27,31-32,34H,9-10H2,1-5H3/b7-6-,15-8+/t11-,16-,17-,18+,19+,20-,21+,22-,24+,25-,26-/m0/s1. The molecule has 4 N–H and O–H groups in total. The van der Waals surface area contributed by atoms with Crippen LogP contribution in [0.5, 0.6) is 0 Å². The van der Waals surface area contributed by atoms with Gasteiger partial charge in [0.05, 0.1) is 19.1 Å². The zero-order valence-corrected chi connectivity index (χ0v) is 22.2. The molecule has 4 aliphatic rings. The predicted octanol–water partition coefficient (Wildman–Crippen LogP) is -1.31. The first-order chi connectivity index (χ1) is 18.1. The molecule has 4 rings (SSSR count). The number of aliphatic hydroxyl groups excluding tert-OH is 3. The molecule has 216 valence electrons. The molecule has 13 heteroatoms. The first-order valence-corrected chi connectivity index (χ1v) is 12.6. The molecular weight excluding hydrogens is 520 g/mol. The van der Waals surface area contributed by atoms with Gasteiger partial charge in [-0.2, -0.15) is 0 Å². The number of aliphatic hydroxyl groups is 4. The van der Waals surface area contributed by atoms with E-state index >= 15 is 0 Å². The van der Waals surface area contributed by atoms with Crippen LogP contribution in [0.4, 0.5) is 0 Å². The van der Waals surface area contributed by atoms with E-state index in [-0.39, 0.29) is 12.2 Å². The molecule has 0 bridgehead atoms. The highest BCUT2D eigenvalue weighted by Crippen LogP contribution is 2.61. The Balaban J connectivity index is 2.06. The molecule has 0 aromatic heterocycles. The Kier molecular flexibility index (Phi) is 7.45. The molecule has 1 spiro atoms. The van der Waals surface area contributed by atoms with Crippen LogP contribution in [-0.4, -0.2) is 105 Å². The number of carbonyl (C=O) groups excluding carboxylic acids is 4. The number of hydrogen-bond donors (Lipinski definition) is 4. The topological polar surface area (TPSA) is 199 Å². The van der Waals surface area contributed by atoms with Gasteiger partial charge in [0.1, 0.15) is 30.0 Å². The summed E-state index contributed by atoms with van der Waals surface area (Å²) in [5.41, 5.74) is -5.61. The molecule has 0 amide bonds. The minimum Gasteiger partial charge on any atom is -0.459 e. The molecule has 0 aromatic carbocycles. The molecule has 2 saturated heterocycles. The fourth-order valence-electron chi connectivity index (χ4n) is 6.44. The number of ether oxygens (including phenoxy) is 5. The fourth-order valence-corrected chi connectivity index (χ4v) is 6.44. The molecule has 2 heterocycles. The fraction of sp³-hybridized carbons (Fsp3) is 0.692. The lowest BCUT2D eigenvalue weighted by molar-refractivity contribution is -0.273. The van der Waals surface area contributed by atoms with Crippen molar-refractivity contribution in [2.45, 2.75) is 82.4 Å². The van der Waals surface area contributed by atoms with Gasteiger partial charge in [0.15, 0.2) is 17.8 Å². The van der Waals surface area contributed by atoms with E-state index in [1.165, 1.54) is 32.1 Å². The quantitative estimate of drug-likeness (QED) is 0.182. The average molecular weight is 555 g/mol. The Morgan fingerprint density at radius 3 is 2.15 bits per heavy atom. The Bertz CT molecular complexity index is 1110. The molecule has 2 aliphatic carbocycles. The third-order valence-electron chi connectivity index (χ3n) is 8.47. The van der Waals surface area contributed by atoms with E-state index in [9.17, 15) is 39.6 Å². The highest BCUT2D eigenvalue weighted by atomic mass is 16.6. The molecule has 0 radical (unpaired) electrons. The van der Waals surface area contributed by atoms with Crippen LogP contribution < -0.4 is 0 Å². The third-order valence-corrected chi connectivity index (χ3v) is 8.47. The van der Waals surface area contributed by atoms with E-state index < -0.39 is 95.6 Å². The molecule has 1 saturated carbocycles. The summed E-state index contributed by atoms with van der Waals surface area (Å²) < 4.78 is 27.9. The summed E-state index contributed by atoms with van der Waals surface area (Å²) in [6.07, 6.45) is -5.47. The van der Waals surface area contributed by atoms with E-state index in [1.807, 2.05) is 0 Å². The van der Waals surface area contributed by atoms with E-state index in [0.29, 0.717) is 0 Å². The predicted molar refractivity (Wildman–Crippen MR) is 127 cm³/mol. The van der Waals surface area contributed by atoms with Crippen LogP contribution in [0.15, 0.2) is 23.8 Å². The lowest BCUT2D eigenvalue weighted by atomic mass is 9.51. The lowest BCUT2D eigenvalue weighted by Gasteiger charge is -2.58. The van der Waals surface area contributed by atoms with Crippen LogP contribution in [-0.2, 0) is 42.9 Å². The van der Waals surface area contributed by atoms with E-state index in [4.69, 9.17) is 23.7 Å². The largest absolute Gasteiger partial charge is 0.459 e. The molecule has 0 aromatic rings. The Morgan fingerprint density at radius 2 is 1.64 bits per heavy atom. The van der Waals surface area contributed by atoms with Gasteiger partial charge in [-0.15, -0.1) is 0 Å². The van der Waals surface area contributed by atoms with Gasteiger partial charge >= 0.3 is 23.9 Å². The van der Waals surface area contributed by atoms with Crippen LogP contribution in [0, 0.1) is 17.3 Å². The van der Waals surface area contributed by atoms with Gasteiger partial charge in [-0.3, -0.25) is 19.2 Å². The monoisotopic (exact) mass is 554 g/mol. The maximum atomic E-state index is 12.8. The highest BCUT2D eigenvalue weighted by molar-refractivity contribution is 5.78. The Labute approximate surface area is 224 Å². The maximum Gasteiger partial charge on any atom is 0.312 e. The smallest absolute Gasteiger partial charge is 0.312 e. The minimum atomic E-state index is -2.30. The first-order valence-electron chi connectivity index (χ1n) is 12.6. The second-order valence-corrected chi connectivity index (χ2v) is 10.8. The van der Waals surface area contributed by atoms with Crippen LogP contribution in [0.2, 0.25) is 0 Å². The molecule has 3 fully saturated rings. The Morgan fingerprint density at radius 1 is 1.05 bits per heavy atom. The molecule has 0 unspecified atom stereocenters. The average Bonchev–Trinajstić information content (AvgIpc) is 3.61.